The predicted octanol–water partition coefficient (Wildman–Crippen LogP) is 4.31. The Kier molecular flexibility index (Phi) is 5.06. The van der Waals surface area contributed by atoms with Crippen LogP contribution in [-0.4, -0.2) is 43.6 Å². The minimum atomic E-state index is -4.73. The van der Waals surface area contributed by atoms with Crippen LogP contribution in [0, 0.1) is 5.82 Å². The number of hydrogen-bond acceptors (Lipinski definition) is 4. The third-order valence-corrected chi connectivity index (χ3v) is 5.83. The van der Waals surface area contributed by atoms with Gasteiger partial charge in [-0.25, -0.2) is 23.9 Å². The fraction of sp³-hybridized carbons (Fsp3) is 0.400. The number of carboxylic acid groups (broad SMARTS) is 1. The Morgan fingerprint density at radius 1 is 1.19 bits per heavy atom. The third-order valence-electron chi connectivity index (χ3n) is 5.83. The Balaban J connectivity index is 1.66. The van der Waals surface area contributed by atoms with E-state index in [0.29, 0.717) is 25.7 Å². The average Bonchev–Trinajstić information content (AvgIpc) is 3.01. The number of hydrogen-bond donors (Lipinski definition) is 2. The minimum Gasteiger partial charge on any atom is -0.479 e. The summed E-state index contributed by atoms with van der Waals surface area (Å²) >= 11 is 0. The van der Waals surface area contributed by atoms with Gasteiger partial charge in [0.05, 0.1) is 18.0 Å². The van der Waals surface area contributed by atoms with Crippen LogP contribution in [0.1, 0.15) is 37.7 Å². The number of urea groups is 1. The van der Waals surface area contributed by atoms with Crippen molar-refractivity contribution in [3.8, 4) is 11.4 Å². The second-order valence-corrected chi connectivity index (χ2v) is 7.72. The maximum atomic E-state index is 13.4. The van der Waals surface area contributed by atoms with Crippen molar-refractivity contribution in [2.75, 3.05) is 5.32 Å². The number of carbonyl (C=O) groups excluding carboxylic acids is 1. The molecule has 1 aromatic carbocycles. The second-order valence-electron chi connectivity index (χ2n) is 7.72. The summed E-state index contributed by atoms with van der Waals surface area (Å²) < 4.78 is 53.5. The van der Waals surface area contributed by atoms with Crippen molar-refractivity contribution < 1.29 is 32.3 Å². The number of rotatable bonds is 3. The van der Waals surface area contributed by atoms with E-state index in [-0.39, 0.29) is 17.6 Å². The maximum Gasteiger partial charge on any atom is 0.417 e. The van der Waals surface area contributed by atoms with Crippen LogP contribution in [0.2, 0.25) is 0 Å². The third kappa shape index (κ3) is 3.68. The predicted molar refractivity (Wildman–Crippen MR) is 101 cm³/mol. The number of carbonyl (C=O) groups is 2. The molecule has 2 aliphatic heterocycles. The van der Waals surface area contributed by atoms with Crippen molar-refractivity contribution >= 4 is 17.7 Å². The molecule has 31 heavy (non-hydrogen) atoms. The zero-order valence-corrected chi connectivity index (χ0v) is 16.1. The van der Waals surface area contributed by atoms with E-state index in [2.05, 4.69) is 15.3 Å². The van der Waals surface area contributed by atoms with Crippen molar-refractivity contribution in [1.82, 2.24) is 14.9 Å². The summed E-state index contributed by atoms with van der Waals surface area (Å²) in [7, 11) is 0. The molecule has 2 atom stereocenters. The summed E-state index contributed by atoms with van der Waals surface area (Å²) in [4.78, 5) is 33.3. The Hall–Kier alpha value is -3.24. The number of nitrogens with one attached hydrogen (secondary N) is 1. The summed E-state index contributed by atoms with van der Waals surface area (Å²) in [6, 6.07) is 1.97. The molecule has 7 nitrogen and oxygen atoms in total. The zero-order valence-electron chi connectivity index (χ0n) is 16.1. The summed E-state index contributed by atoms with van der Waals surface area (Å²) in [6.07, 6.45) is -0.399. The summed E-state index contributed by atoms with van der Waals surface area (Å²) in [5, 5.41) is 12.2. The molecule has 2 fully saturated rings. The molecule has 3 heterocycles. The number of amides is 2. The normalized spacial score (nSPS) is 23.0. The van der Waals surface area contributed by atoms with Crippen LogP contribution in [0.5, 0.6) is 0 Å². The molecule has 2 aliphatic rings. The quantitative estimate of drug-likeness (QED) is 0.697. The smallest absolute Gasteiger partial charge is 0.417 e. The molecule has 2 amide bonds. The number of alkyl halides is 3. The fourth-order valence-electron chi connectivity index (χ4n) is 4.41. The van der Waals surface area contributed by atoms with Crippen LogP contribution < -0.4 is 5.32 Å². The number of carboxylic acids is 1. The molecule has 2 aromatic rings. The van der Waals surface area contributed by atoms with Gasteiger partial charge in [0, 0.05) is 23.7 Å². The van der Waals surface area contributed by atoms with Crippen LogP contribution in [0.25, 0.3) is 11.4 Å². The van der Waals surface area contributed by atoms with Crippen molar-refractivity contribution in [1.29, 1.82) is 0 Å². The van der Waals surface area contributed by atoms with E-state index in [4.69, 9.17) is 0 Å². The molecule has 11 heteroatoms. The molecule has 2 bridgehead atoms. The van der Waals surface area contributed by atoms with E-state index in [1.165, 1.54) is 4.90 Å². The highest BCUT2D eigenvalue weighted by Crippen LogP contribution is 2.46. The standard InChI is InChI=1S/C20H18F4N4O3/c21-11-9-25-16(26-10-11)14-7-12(4-5-15(14)20(22,23)24)27-18(31)28-13-3-1-2-6-19(28,8-13)17(29)30/h4-5,7,9-10,13H,1-3,6,8H2,(H,27,31)(H,29,30). The van der Waals surface area contributed by atoms with Gasteiger partial charge in [-0.05, 0) is 31.0 Å². The highest BCUT2D eigenvalue weighted by molar-refractivity contribution is 5.96. The molecule has 2 N–H and O–H groups in total. The number of aliphatic carboxylic acids is 1. The van der Waals surface area contributed by atoms with Gasteiger partial charge in [0.2, 0.25) is 0 Å². The topological polar surface area (TPSA) is 95.4 Å². The first kappa shape index (κ1) is 21.0. The molecule has 0 aliphatic carbocycles. The summed E-state index contributed by atoms with van der Waals surface area (Å²) in [5.74, 6) is -2.25. The van der Waals surface area contributed by atoms with Crippen LogP contribution in [0.4, 0.5) is 28.0 Å². The first-order valence-corrected chi connectivity index (χ1v) is 9.65. The van der Waals surface area contributed by atoms with Gasteiger partial charge >= 0.3 is 18.2 Å². The van der Waals surface area contributed by atoms with Gasteiger partial charge in [-0.15, -0.1) is 0 Å². The lowest BCUT2D eigenvalue weighted by molar-refractivity contribution is -0.162. The second kappa shape index (κ2) is 7.47. The Labute approximate surface area is 174 Å². The Morgan fingerprint density at radius 2 is 1.90 bits per heavy atom. The van der Waals surface area contributed by atoms with Gasteiger partial charge in [-0.1, -0.05) is 12.8 Å². The molecule has 2 saturated heterocycles. The molecular weight excluding hydrogens is 420 g/mol. The van der Waals surface area contributed by atoms with Crippen molar-refractivity contribution in [2.45, 2.75) is 49.9 Å². The summed E-state index contributed by atoms with van der Waals surface area (Å²) in [6.45, 7) is 0. The molecular formula is C20H18F4N4O3. The van der Waals surface area contributed by atoms with Gasteiger partial charge in [-0.2, -0.15) is 13.2 Å². The minimum absolute atomic E-state index is 0.0186. The first-order chi connectivity index (χ1) is 14.6. The van der Waals surface area contributed by atoms with Gasteiger partial charge in [0.1, 0.15) is 5.54 Å². The van der Waals surface area contributed by atoms with Gasteiger partial charge < -0.3 is 15.3 Å². The summed E-state index contributed by atoms with van der Waals surface area (Å²) in [5.41, 5.74) is -2.75. The number of benzene rings is 1. The molecule has 2 unspecified atom stereocenters. The Bertz CT molecular complexity index is 1020. The lowest BCUT2D eigenvalue weighted by Crippen LogP contribution is -2.71. The number of anilines is 1. The van der Waals surface area contributed by atoms with Crippen LogP contribution in [0.3, 0.4) is 0 Å². The molecule has 1 aromatic heterocycles. The molecule has 4 rings (SSSR count). The van der Waals surface area contributed by atoms with Crippen molar-refractivity contribution in [2.24, 2.45) is 0 Å². The Morgan fingerprint density at radius 3 is 2.55 bits per heavy atom. The SMILES string of the molecule is O=C(Nc1ccc(C(F)(F)F)c(-c2ncc(F)cn2)c1)N1C2CCCCC1(C(=O)O)C2. The first-order valence-electron chi connectivity index (χ1n) is 9.65. The van der Waals surface area contributed by atoms with E-state index in [1.54, 1.807) is 0 Å². The number of aromatic nitrogens is 2. The number of nitrogens with zero attached hydrogens (tertiary/aromatic N) is 3. The largest absolute Gasteiger partial charge is 0.479 e. The highest BCUT2D eigenvalue weighted by Gasteiger charge is 2.59. The maximum absolute atomic E-state index is 13.4. The molecule has 0 spiro atoms. The molecule has 0 saturated carbocycles. The molecule has 164 valence electrons. The van der Waals surface area contributed by atoms with E-state index >= 15 is 0 Å². The lowest BCUT2D eigenvalue weighted by atomic mass is 9.77. The zero-order chi connectivity index (χ0) is 22.4. The van der Waals surface area contributed by atoms with E-state index < -0.39 is 40.7 Å². The fourth-order valence-corrected chi connectivity index (χ4v) is 4.41. The average molecular weight is 438 g/mol. The highest BCUT2D eigenvalue weighted by atomic mass is 19.4. The monoisotopic (exact) mass is 438 g/mol. The van der Waals surface area contributed by atoms with Crippen molar-refractivity contribution in [3.63, 3.8) is 0 Å². The van der Waals surface area contributed by atoms with E-state index in [0.717, 1.165) is 37.0 Å². The van der Waals surface area contributed by atoms with Crippen LogP contribution in [0.15, 0.2) is 30.6 Å². The number of halogens is 4. The molecule has 0 radical (unpaired) electrons. The van der Waals surface area contributed by atoms with Gasteiger partial charge in [0.15, 0.2) is 11.6 Å². The van der Waals surface area contributed by atoms with Gasteiger partial charge in [0.25, 0.3) is 0 Å². The van der Waals surface area contributed by atoms with Gasteiger partial charge in [-0.3, -0.25) is 0 Å². The number of fused-ring (bicyclic) bond motifs is 2. The van der Waals surface area contributed by atoms with Crippen LogP contribution >= 0.6 is 0 Å². The van der Waals surface area contributed by atoms with E-state index in [9.17, 15) is 32.3 Å². The van der Waals surface area contributed by atoms with E-state index in [1.807, 2.05) is 0 Å². The van der Waals surface area contributed by atoms with Crippen molar-refractivity contribution in [3.05, 3.63) is 42.0 Å². The van der Waals surface area contributed by atoms with Crippen LogP contribution in [-0.2, 0) is 11.0 Å². The lowest BCUT2D eigenvalue weighted by Gasteiger charge is -2.54.